The Morgan fingerprint density at radius 1 is 1.15 bits per heavy atom. The Morgan fingerprint density at radius 3 is 2.20 bits per heavy atom. The molecule has 1 heterocycles. The highest BCUT2D eigenvalue weighted by atomic mass is 16.2. The Balaban J connectivity index is 1.93. The summed E-state index contributed by atoms with van der Waals surface area (Å²) in [5.41, 5.74) is 0.699. The van der Waals surface area contributed by atoms with E-state index >= 15 is 0 Å². The minimum Gasteiger partial charge on any atom is -0.274 e. The highest BCUT2D eigenvalue weighted by Gasteiger charge is 2.53. The highest BCUT2D eigenvalue weighted by molar-refractivity contribution is 6.06. The van der Waals surface area contributed by atoms with E-state index in [9.17, 15) is 14.9 Å². The molecule has 3 atom stereocenters. The third-order valence-corrected chi connectivity index (χ3v) is 4.40. The van der Waals surface area contributed by atoms with Crippen molar-refractivity contribution in [1.82, 2.24) is 4.90 Å². The molecule has 20 heavy (non-hydrogen) atoms. The fourth-order valence-electron chi connectivity index (χ4n) is 3.47. The molecule has 102 valence electrons. The molecule has 0 radical (unpaired) electrons. The summed E-state index contributed by atoms with van der Waals surface area (Å²) in [6.45, 7) is 2.07. The Labute approximate surface area is 118 Å². The van der Waals surface area contributed by atoms with Gasteiger partial charge in [-0.15, -0.1) is 0 Å². The van der Waals surface area contributed by atoms with Gasteiger partial charge in [0.15, 0.2) is 6.04 Å². The van der Waals surface area contributed by atoms with Gasteiger partial charge in [-0.25, -0.2) is 0 Å². The van der Waals surface area contributed by atoms with E-state index in [4.69, 9.17) is 0 Å². The van der Waals surface area contributed by atoms with Gasteiger partial charge < -0.3 is 0 Å². The molecule has 0 spiro atoms. The number of carbonyl (C=O) groups excluding carboxylic acids is 2. The van der Waals surface area contributed by atoms with Crippen molar-refractivity contribution in [3.63, 3.8) is 0 Å². The lowest BCUT2D eigenvalue weighted by atomic mass is 10.00. The van der Waals surface area contributed by atoms with Gasteiger partial charge >= 0.3 is 0 Å². The molecule has 0 N–H and O–H groups in total. The largest absolute Gasteiger partial charge is 0.274 e. The first-order valence-corrected chi connectivity index (χ1v) is 6.95. The second-order valence-corrected chi connectivity index (χ2v) is 5.78. The Morgan fingerprint density at radius 2 is 1.70 bits per heavy atom. The summed E-state index contributed by atoms with van der Waals surface area (Å²) in [6, 6.07) is 10.4. The molecular weight excluding hydrogens is 252 g/mol. The summed E-state index contributed by atoms with van der Waals surface area (Å²) in [6.07, 6.45) is 1.53. The van der Waals surface area contributed by atoms with Gasteiger partial charge in [0.2, 0.25) is 11.8 Å². The van der Waals surface area contributed by atoms with E-state index in [1.165, 1.54) is 4.90 Å². The fourth-order valence-corrected chi connectivity index (χ4v) is 3.47. The zero-order chi connectivity index (χ0) is 14.3. The number of fused-ring (bicyclic) bond motifs is 1. The van der Waals surface area contributed by atoms with E-state index in [0.717, 1.165) is 12.8 Å². The van der Waals surface area contributed by atoms with Crippen LogP contribution in [0.5, 0.6) is 0 Å². The number of hydrogen-bond donors (Lipinski definition) is 0. The van der Waals surface area contributed by atoms with Gasteiger partial charge in [-0.05, 0) is 24.3 Å². The van der Waals surface area contributed by atoms with Crippen LogP contribution in [0, 0.1) is 29.1 Å². The van der Waals surface area contributed by atoms with E-state index < -0.39 is 6.04 Å². The topological polar surface area (TPSA) is 61.2 Å². The molecule has 1 aromatic carbocycles. The summed E-state index contributed by atoms with van der Waals surface area (Å²) in [5, 5.41) is 9.39. The van der Waals surface area contributed by atoms with Gasteiger partial charge in [0.25, 0.3) is 0 Å². The number of imide groups is 1. The van der Waals surface area contributed by atoms with Crippen LogP contribution in [0.15, 0.2) is 30.3 Å². The van der Waals surface area contributed by atoms with Gasteiger partial charge in [0.05, 0.1) is 17.9 Å². The van der Waals surface area contributed by atoms with Crippen LogP contribution in [0.2, 0.25) is 0 Å². The molecular formula is C16H16N2O2. The number of rotatable bonds is 2. The quantitative estimate of drug-likeness (QED) is 0.773. The number of hydrogen-bond acceptors (Lipinski definition) is 3. The molecule has 4 nitrogen and oxygen atoms in total. The fraction of sp³-hybridized carbons (Fsp3) is 0.438. The lowest BCUT2D eigenvalue weighted by molar-refractivity contribution is -0.142. The van der Waals surface area contributed by atoms with E-state index in [1.807, 2.05) is 18.2 Å². The second kappa shape index (κ2) is 4.75. The van der Waals surface area contributed by atoms with Crippen LogP contribution in [0.25, 0.3) is 0 Å². The third-order valence-electron chi connectivity index (χ3n) is 4.40. The molecule has 0 bridgehead atoms. The predicted molar refractivity (Wildman–Crippen MR) is 72.0 cm³/mol. The number of amides is 2. The van der Waals surface area contributed by atoms with E-state index in [1.54, 1.807) is 12.1 Å². The van der Waals surface area contributed by atoms with Crippen molar-refractivity contribution in [2.45, 2.75) is 25.8 Å². The summed E-state index contributed by atoms with van der Waals surface area (Å²) in [7, 11) is 0. The van der Waals surface area contributed by atoms with Crippen LogP contribution in [-0.4, -0.2) is 16.7 Å². The first-order chi connectivity index (χ1) is 9.63. The maximum atomic E-state index is 12.5. The SMILES string of the molecule is CC1CC2C(=O)N(C(C#N)c3ccccc3)C(=O)C2C1. The van der Waals surface area contributed by atoms with Crippen LogP contribution in [0.4, 0.5) is 0 Å². The zero-order valence-corrected chi connectivity index (χ0v) is 11.3. The van der Waals surface area contributed by atoms with Crippen LogP contribution < -0.4 is 0 Å². The second-order valence-electron chi connectivity index (χ2n) is 5.78. The lowest BCUT2D eigenvalue weighted by Gasteiger charge is -2.22. The van der Waals surface area contributed by atoms with Crippen molar-refractivity contribution in [2.24, 2.45) is 17.8 Å². The summed E-state index contributed by atoms with van der Waals surface area (Å²) >= 11 is 0. The van der Waals surface area contributed by atoms with Gasteiger partial charge in [-0.3, -0.25) is 14.5 Å². The van der Waals surface area contributed by atoms with Crippen molar-refractivity contribution in [1.29, 1.82) is 5.26 Å². The molecule has 1 aliphatic heterocycles. The predicted octanol–water partition coefficient (Wildman–Crippen LogP) is 2.28. The van der Waals surface area contributed by atoms with E-state index in [-0.39, 0.29) is 23.7 Å². The summed E-state index contributed by atoms with van der Waals surface area (Å²) in [5.74, 6) is -0.342. The van der Waals surface area contributed by atoms with E-state index in [2.05, 4.69) is 13.0 Å². The Kier molecular flexibility index (Phi) is 3.06. The van der Waals surface area contributed by atoms with Crippen molar-refractivity contribution < 1.29 is 9.59 Å². The number of benzene rings is 1. The standard InChI is InChI=1S/C16H16N2O2/c1-10-7-12-13(8-10)16(20)18(15(12)19)14(9-17)11-5-3-2-4-6-11/h2-6,10,12-14H,7-8H2,1H3. The molecule has 3 unspecified atom stereocenters. The molecule has 1 aromatic rings. The number of likely N-dealkylation sites (tertiary alicyclic amines) is 1. The maximum absolute atomic E-state index is 12.5. The molecule has 3 rings (SSSR count). The van der Waals surface area contributed by atoms with Crippen molar-refractivity contribution in [3.05, 3.63) is 35.9 Å². The van der Waals surface area contributed by atoms with Gasteiger partial charge in [0.1, 0.15) is 0 Å². The molecule has 4 heteroatoms. The van der Waals surface area contributed by atoms with Crippen molar-refractivity contribution in [3.8, 4) is 6.07 Å². The molecule has 1 aliphatic carbocycles. The molecule has 2 fully saturated rings. The number of nitrogens with zero attached hydrogens (tertiary/aromatic N) is 2. The monoisotopic (exact) mass is 268 g/mol. The summed E-state index contributed by atoms with van der Waals surface area (Å²) < 4.78 is 0. The van der Waals surface area contributed by atoms with Crippen LogP contribution in [0.1, 0.15) is 31.4 Å². The average molecular weight is 268 g/mol. The minimum absolute atomic E-state index is 0.167. The first-order valence-electron chi connectivity index (χ1n) is 6.95. The summed E-state index contributed by atoms with van der Waals surface area (Å²) in [4.78, 5) is 26.1. The normalized spacial score (nSPS) is 30.2. The average Bonchev–Trinajstić information content (AvgIpc) is 2.94. The number of carbonyl (C=O) groups is 2. The minimum atomic E-state index is -0.794. The molecule has 1 saturated heterocycles. The van der Waals surface area contributed by atoms with Gasteiger partial charge in [-0.1, -0.05) is 37.3 Å². The Hall–Kier alpha value is -2.15. The molecule has 2 amide bonds. The molecule has 1 saturated carbocycles. The highest BCUT2D eigenvalue weighted by Crippen LogP contribution is 2.45. The zero-order valence-electron chi connectivity index (χ0n) is 11.3. The molecule has 2 aliphatic rings. The van der Waals surface area contributed by atoms with Gasteiger partial charge in [-0.2, -0.15) is 5.26 Å². The first kappa shape index (κ1) is 12.9. The third kappa shape index (κ3) is 1.82. The van der Waals surface area contributed by atoms with Crippen molar-refractivity contribution in [2.75, 3.05) is 0 Å². The van der Waals surface area contributed by atoms with E-state index in [0.29, 0.717) is 11.5 Å². The van der Waals surface area contributed by atoms with Crippen LogP contribution >= 0.6 is 0 Å². The number of nitriles is 1. The maximum Gasteiger partial charge on any atom is 0.234 e. The van der Waals surface area contributed by atoms with Crippen LogP contribution in [0.3, 0.4) is 0 Å². The van der Waals surface area contributed by atoms with Crippen molar-refractivity contribution >= 4 is 11.8 Å². The van der Waals surface area contributed by atoms with Crippen LogP contribution in [-0.2, 0) is 9.59 Å². The smallest absolute Gasteiger partial charge is 0.234 e. The lowest BCUT2D eigenvalue weighted by Crippen LogP contribution is -2.35. The van der Waals surface area contributed by atoms with Gasteiger partial charge in [0, 0.05) is 0 Å². The Bertz CT molecular complexity index is 566. The molecule has 0 aromatic heterocycles.